The Bertz CT molecular complexity index is 874. The Morgan fingerprint density at radius 1 is 1.04 bits per heavy atom. The van der Waals surface area contributed by atoms with Crippen LogP contribution in [-0.4, -0.2) is 26.1 Å². The van der Waals surface area contributed by atoms with Crippen LogP contribution in [-0.2, 0) is 9.53 Å². The van der Waals surface area contributed by atoms with E-state index in [9.17, 15) is 4.79 Å². The van der Waals surface area contributed by atoms with Crippen molar-refractivity contribution in [3.8, 4) is 11.5 Å². The first-order valence-corrected chi connectivity index (χ1v) is 7.84. The molecule has 0 aromatic heterocycles. The Kier molecular flexibility index (Phi) is 4.57. The quantitative estimate of drug-likeness (QED) is 0.631. The molecular formula is C20H19NO4. The molecule has 128 valence electrons. The summed E-state index contributed by atoms with van der Waals surface area (Å²) in [6.45, 7) is 4.02. The molecule has 1 aliphatic rings. The summed E-state index contributed by atoms with van der Waals surface area (Å²) in [5.74, 6) is 0.732. The minimum absolute atomic E-state index is 0.176. The number of rotatable bonds is 4. The van der Waals surface area contributed by atoms with E-state index >= 15 is 0 Å². The highest BCUT2D eigenvalue weighted by atomic mass is 16.6. The lowest BCUT2D eigenvalue weighted by Gasteiger charge is -2.11. The zero-order chi connectivity index (χ0) is 18.0. The molecule has 0 aliphatic carbocycles. The first-order valence-electron chi connectivity index (χ1n) is 7.84. The first-order chi connectivity index (χ1) is 12.0. The monoisotopic (exact) mass is 337 g/mol. The molecule has 5 nitrogen and oxygen atoms in total. The van der Waals surface area contributed by atoms with E-state index in [4.69, 9.17) is 14.2 Å². The molecule has 0 bridgehead atoms. The molecule has 1 heterocycles. The van der Waals surface area contributed by atoms with Gasteiger partial charge in [0.15, 0.2) is 5.70 Å². The summed E-state index contributed by atoms with van der Waals surface area (Å²) < 4.78 is 16.1. The average molecular weight is 337 g/mol. The molecule has 0 spiro atoms. The third-order valence-electron chi connectivity index (χ3n) is 3.98. The fraction of sp³-hybridized carbons (Fsp3) is 0.200. The fourth-order valence-electron chi connectivity index (χ4n) is 2.71. The minimum Gasteiger partial charge on any atom is -0.496 e. The van der Waals surface area contributed by atoms with Gasteiger partial charge in [-0.05, 0) is 43.2 Å². The number of methoxy groups -OCH3 is 2. The second-order valence-electron chi connectivity index (χ2n) is 5.73. The molecule has 2 aromatic carbocycles. The van der Waals surface area contributed by atoms with E-state index in [-0.39, 0.29) is 11.6 Å². The molecule has 0 N–H and O–H groups in total. The Balaban J connectivity index is 2.05. The van der Waals surface area contributed by atoms with Gasteiger partial charge in [-0.2, -0.15) is 0 Å². The summed E-state index contributed by atoms with van der Waals surface area (Å²) >= 11 is 0. The topological polar surface area (TPSA) is 57.1 Å². The van der Waals surface area contributed by atoms with Crippen LogP contribution in [0.3, 0.4) is 0 Å². The molecule has 0 amide bonds. The zero-order valence-electron chi connectivity index (χ0n) is 14.6. The number of benzene rings is 2. The lowest BCUT2D eigenvalue weighted by molar-refractivity contribution is -0.129. The van der Waals surface area contributed by atoms with Gasteiger partial charge in [0.25, 0.3) is 0 Å². The molecule has 0 saturated carbocycles. The van der Waals surface area contributed by atoms with Gasteiger partial charge in [-0.25, -0.2) is 9.79 Å². The maximum absolute atomic E-state index is 12.3. The second-order valence-corrected chi connectivity index (χ2v) is 5.73. The average Bonchev–Trinajstić information content (AvgIpc) is 2.96. The Morgan fingerprint density at radius 3 is 2.32 bits per heavy atom. The number of carbonyl (C=O) groups excluding carboxylic acids is 1. The van der Waals surface area contributed by atoms with E-state index in [0.29, 0.717) is 17.1 Å². The Labute approximate surface area is 146 Å². The van der Waals surface area contributed by atoms with Gasteiger partial charge in [-0.1, -0.05) is 29.8 Å². The SMILES string of the molecule is COc1cccc(OC)c1C1=N/C(=C\c2ccc(C)cc2C)C(=O)O1. The second kappa shape index (κ2) is 6.81. The van der Waals surface area contributed by atoms with Crippen molar-refractivity contribution >= 4 is 17.9 Å². The van der Waals surface area contributed by atoms with Gasteiger partial charge in [-0.15, -0.1) is 0 Å². The Morgan fingerprint density at radius 2 is 1.72 bits per heavy atom. The van der Waals surface area contributed by atoms with Gasteiger partial charge in [-0.3, -0.25) is 0 Å². The van der Waals surface area contributed by atoms with E-state index in [2.05, 4.69) is 11.1 Å². The van der Waals surface area contributed by atoms with Crippen LogP contribution >= 0.6 is 0 Å². The van der Waals surface area contributed by atoms with E-state index < -0.39 is 5.97 Å². The van der Waals surface area contributed by atoms with E-state index in [1.807, 2.05) is 26.0 Å². The first kappa shape index (κ1) is 16.8. The maximum atomic E-state index is 12.3. The lowest BCUT2D eigenvalue weighted by atomic mass is 10.0. The van der Waals surface area contributed by atoms with Crippen molar-refractivity contribution in [1.29, 1.82) is 0 Å². The Hall–Kier alpha value is -3.08. The number of cyclic esters (lactones) is 1. The van der Waals surface area contributed by atoms with Crippen molar-refractivity contribution in [2.75, 3.05) is 14.2 Å². The van der Waals surface area contributed by atoms with Crippen molar-refractivity contribution in [1.82, 2.24) is 0 Å². The largest absolute Gasteiger partial charge is 0.496 e. The van der Waals surface area contributed by atoms with Crippen LogP contribution < -0.4 is 9.47 Å². The van der Waals surface area contributed by atoms with Crippen molar-refractivity contribution < 1.29 is 19.0 Å². The minimum atomic E-state index is -0.497. The maximum Gasteiger partial charge on any atom is 0.363 e. The standard InChI is InChI=1S/C20H19NO4/c1-12-8-9-14(13(2)10-12)11-15-20(22)25-19(21-15)18-16(23-3)6-5-7-17(18)24-4/h5-11H,1-4H3/b15-11-. The van der Waals surface area contributed by atoms with Gasteiger partial charge in [0.05, 0.1) is 14.2 Å². The summed E-state index contributed by atoms with van der Waals surface area (Å²) in [7, 11) is 3.09. The van der Waals surface area contributed by atoms with Crippen molar-refractivity contribution in [2.45, 2.75) is 13.8 Å². The van der Waals surface area contributed by atoms with Crippen LogP contribution in [0.2, 0.25) is 0 Å². The lowest BCUT2D eigenvalue weighted by Crippen LogP contribution is -2.08. The highest BCUT2D eigenvalue weighted by Gasteiger charge is 2.29. The van der Waals surface area contributed by atoms with Crippen molar-refractivity contribution in [3.05, 3.63) is 64.3 Å². The molecule has 1 aliphatic heterocycles. The predicted octanol–water partition coefficient (Wildman–Crippen LogP) is 3.67. The van der Waals surface area contributed by atoms with Gasteiger partial charge in [0, 0.05) is 0 Å². The third kappa shape index (κ3) is 3.26. The number of nitrogens with zero attached hydrogens (tertiary/aromatic N) is 1. The highest BCUT2D eigenvalue weighted by molar-refractivity contribution is 6.14. The number of aliphatic imine (C=N–C) groups is 1. The summed E-state index contributed by atoms with van der Waals surface area (Å²) in [5.41, 5.74) is 3.92. The summed E-state index contributed by atoms with van der Waals surface area (Å²) in [6, 6.07) is 11.3. The third-order valence-corrected chi connectivity index (χ3v) is 3.98. The van der Waals surface area contributed by atoms with Crippen LogP contribution in [0.4, 0.5) is 0 Å². The molecule has 0 atom stereocenters. The summed E-state index contributed by atoms with van der Waals surface area (Å²) in [4.78, 5) is 16.6. The number of ether oxygens (including phenoxy) is 3. The number of hydrogen-bond acceptors (Lipinski definition) is 5. The van der Waals surface area contributed by atoms with E-state index in [0.717, 1.165) is 16.7 Å². The highest BCUT2D eigenvalue weighted by Crippen LogP contribution is 2.32. The molecule has 25 heavy (non-hydrogen) atoms. The normalized spacial score (nSPS) is 15.1. The number of aryl methyl sites for hydroxylation is 2. The van der Waals surface area contributed by atoms with Gasteiger partial charge >= 0.3 is 5.97 Å². The molecule has 2 aromatic rings. The van der Waals surface area contributed by atoms with E-state index in [1.165, 1.54) is 0 Å². The van der Waals surface area contributed by atoms with Gasteiger partial charge in [0.1, 0.15) is 17.1 Å². The molecule has 0 radical (unpaired) electrons. The van der Waals surface area contributed by atoms with Gasteiger partial charge in [0.2, 0.25) is 5.90 Å². The molecular weight excluding hydrogens is 318 g/mol. The van der Waals surface area contributed by atoms with Gasteiger partial charge < -0.3 is 14.2 Å². The molecule has 0 saturated heterocycles. The molecule has 5 heteroatoms. The summed E-state index contributed by atoms with van der Waals surface area (Å²) in [6.07, 6.45) is 1.73. The number of hydrogen-bond donors (Lipinski definition) is 0. The number of esters is 1. The smallest absolute Gasteiger partial charge is 0.363 e. The van der Waals surface area contributed by atoms with Crippen LogP contribution in [0.25, 0.3) is 6.08 Å². The molecule has 3 rings (SSSR count). The molecule has 0 unspecified atom stereocenters. The molecule has 0 fully saturated rings. The number of carbonyl (C=O) groups is 1. The van der Waals surface area contributed by atoms with Crippen LogP contribution in [0, 0.1) is 13.8 Å². The van der Waals surface area contributed by atoms with Crippen LogP contribution in [0.1, 0.15) is 22.3 Å². The fourth-order valence-corrected chi connectivity index (χ4v) is 2.71. The van der Waals surface area contributed by atoms with Crippen molar-refractivity contribution in [3.63, 3.8) is 0 Å². The van der Waals surface area contributed by atoms with Crippen molar-refractivity contribution in [2.24, 2.45) is 4.99 Å². The van der Waals surface area contributed by atoms with Crippen LogP contribution in [0.5, 0.6) is 11.5 Å². The zero-order valence-corrected chi connectivity index (χ0v) is 14.6. The van der Waals surface area contributed by atoms with Crippen LogP contribution in [0.15, 0.2) is 47.1 Å². The predicted molar refractivity (Wildman–Crippen MR) is 96.1 cm³/mol. The van der Waals surface area contributed by atoms with E-state index in [1.54, 1.807) is 38.5 Å². The summed E-state index contributed by atoms with van der Waals surface area (Å²) in [5, 5.41) is 0.